The summed E-state index contributed by atoms with van der Waals surface area (Å²) in [6, 6.07) is 0. The van der Waals surface area contributed by atoms with Gasteiger partial charge in [-0.1, -0.05) is 0 Å². The SMILES string of the molecule is Cc1nn2cc(Br)cnc2c1S(=O)(=O)NC(=O)C1CC1(F)F. The Hall–Kier alpha value is -1.62. The van der Waals surface area contributed by atoms with Crippen LogP contribution < -0.4 is 4.72 Å². The summed E-state index contributed by atoms with van der Waals surface area (Å²) in [6.07, 6.45) is 2.21. The molecule has 0 aromatic carbocycles. The lowest BCUT2D eigenvalue weighted by atomic mass is 10.4. The lowest BCUT2D eigenvalue weighted by Gasteiger charge is -2.05. The number of hydrogen-bond acceptors (Lipinski definition) is 5. The third-order valence-electron chi connectivity index (χ3n) is 3.21. The molecule has 1 aliphatic carbocycles. The molecule has 7 nitrogen and oxygen atoms in total. The number of rotatable bonds is 3. The average molecular weight is 395 g/mol. The lowest BCUT2D eigenvalue weighted by molar-refractivity contribution is -0.122. The number of alkyl halides is 2. The van der Waals surface area contributed by atoms with Crippen LogP contribution in [0.1, 0.15) is 12.1 Å². The molecular weight excluding hydrogens is 386 g/mol. The van der Waals surface area contributed by atoms with Crippen LogP contribution in [0.3, 0.4) is 0 Å². The van der Waals surface area contributed by atoms with Crippen LogP contribution in [0.25, 0.3) is 5.65 Å². The van der Waals surface area contributed by atoms with Crippen molar-refractivity contribution in [1.82, 2.24) is 19.3 Å². The van der Waals surface area contributed by atoms with Crippen LogP contribution in [0.4, 0.5) is 8.78 Å². The third-order valence-corrected chi connectivity index (χ3v) is 5.10. The van der Waals surface area contributed by atoms with Crippen molar-refractivity contribution in [1.29, 1.82) is 0 Å². The second kappa shape index (κ2) is 4.69. The zero-order valence-corrected chi connectivity index (χ0v) is 13.5. The van der Waals surface area contributed by atoms with Crippen LogP contribution in [0.2, 0.25) is 0 Å². The highest BCUT2D eigenvalue weighted by Crippen LogP contribution is 2.48. The predicted molar refractivity (Wildman–Crippen MR) is 73.8 cm³/mol. The summed E-state index contributed by atoms with van der Waals surface area (Å²) in [5.41, 5.74) is 0.108. The van der Waals surface area contributed by atoms with E-state index in [2.05, 4.69) is 26.0 Å². The molecule has 1 unspecified atom stereocenters. The van der Waals surface area contributed by atoms with Gasteiger partial charge in [-0.25, -0.2) is 31.4 Å². The largest absolute Gasteiger partial charge is 0.273 e. The van der Waals surface area contributed by atoms with Gasteiger partial charge in [-0.2, -0.15) is 5.10 Å². The van der Waals surface area contributed by atoms with Crippen LogP contribution in [-0.2, 0) is 14.8 Å². The number of nitrogens with one attached hydrogen (secondary N) is 1. The number of carbonyl (C=O) groups excluding carboxylic acids is 1. The van der Waals surface area contributed by atoms with Crippen LogP contribution in [0, 0.1) is 12.8 Å². The molecule has 0 radical (unpaired) electrons. The summed E-state index contributed by atoms with van der Waals surface area (Å²) in [6.45, 7) is 1.42. The Morgan fingerprint density at radius 2 is 2.18 bits per heavy atom. The summed E-state index contributed by atoms with van der Waals surface area (Å²) in [5.74, 6) is -5.97. The van der Waals surface area contributed by atoms with Gasteiger partial charge in [0.2, 0.25) is 5.91 Å². The molecule has 2 aromatic heterocycles. The number of amides is 1. The van der Waals surface area contributed by atoms with Gasteiger partial charge < -0.3 is 0 Å². The molecule has 1 fully saturated rings. The van der Waals surface area contributed by atoms with Crippen molar-refractivity contribution in [3.63, 3.8) is 0 Å². The first-order valence-corrected chi connectivity index (χ1v) is 8.34. The molecule has 22 heavy (non-hydrogen) atoms. The Morgan fingerprint density at radius 3 is 2.77 bits per heavy atom. The van der Waals surface area contributed by atoms with Crippen LogP contribution in [0.15, 0.2) is 21.8 Å². The normalized spacial score (nSPS) is 20.1. The molecule has 2 aromatic rings. The van der Waals surface area contributed by atoms with Crippen molar-refractivity contribution < 1.29 is 22.0 Å². The molecule has 1 aliphatic rings. The number of nitrogens with zero attached hydrogens (tertiary/aromatic N) is 3. The molecule has 1 atom stereocenters. The van der Waals surface area contributed by atoms with E-state index >= 15 is 0 Å². The van der Waals surface area contributed by atoms with Crippen molar-refractivity contribution in [2.45, 2.75) is 24.2 Å². The van der Waals surface area contributed by atoms with E-state index in [0.29, 0.717) is 4.47 Å². The number of aromatic nitrogens is 3. The number of fused-ring (bicyclic) bond motifs is 1. The van der Waals surface area contributed by atoms with E-state index in [4.69, 9.17) is 0 Å². The van der Waals surface area contributed by atoms with E-state index in [0.717, 1.165) is 0 Å². The van der Waals surface area contributed by atoms with E-state index in [1.54, 1.807) is 4.72 Å². The van der Waals surface area contributed by atoms with Gasteiger partial charge in [0.25, 0.3) is 15.9 Å². The lowest BCUT2D eigenvalue weighted by Crippen LogP contribution is -2.33. The Bertz CT molecular complexity index is 896. The minimum Gasteiger partial charge on any atom is -0.273 e. The van der Waals surface area contributed by atoms with E-state index in [1.165, 1.54) is 23.8 Å². The number of halogens is 3. The fraction of sp³-hybridized carbons (Fsp3) is 0.364. The molecule has 1 N–H and O–H groups in total. The second-order valence-corrected chi connectivity index (χ2v) is 7.48. The second-order valence-electron chi connectivity index (χ2n) is 4.94. The Balaban J connectivity index is 1.99. The zero-order chi connectivity index (χ0) is 16.3. The summed E-state index contributed by atoms with van der Waals surface area (Å²) in [5, 5.41) is 3.98. The monoisotopic (exact) mass is 394 g/mol. The first-order valence-electron chi connectivity index (χ1n) is 6.07. The van der Waals surface area contributed by atoms with Gasteiger partial charge in [0, 0.05) is 18.8 Å². The summed E-state index contributed by atoms with van der Waals surface area (Å²) < 4.78 is 53.7. The Kier molecular flexibility index (Phi) is 3.25. The van der Waals surface area contributed by atoms with Gasteiger partial charge in [-0.05, 0) is 22.9 Å². The maximum Gasteiger partial charge on any atom is 0.269 e. The number of aryl methyl sites for hydroxylation is 1. The van der Waals surface area contributed by atoms with Gasteiger partial charge in [0.15, 0.2) is 10.5 Å². The van der Waals surface area contributed by atoms with Gasteiger partial charge in [-0.15, -0.1) is 0 Å². The van der Waals surface area contributed by atoms with E-state index < -0.39 is 34.2 Å². The van der Waals surface area contributed by atoms with Crippen LogP contribution >= 0.6 is 15.9 Å². The molecule has 0 spiro atoms. The molecule has 0 bridgehead atoms. The number of hydrogen-bond donors (Lipinski definition) is 1. The highest BCUT2D eigenvalue weighted by Gasteiger charge is 2.62. The summed E-state index contributed by atoms with van der Waals surface area (Å²) >= 11 is 3.17. The Labute approximate surface area is 131 Å². The van der Waals surface area contributed by atoms with Gasteiger partial charge in [0.1, 0.15) is 5.92 Å². The summed E-state index contributed by atoms with van der Waals surface area (Å²) in [4.78, 5) is 15.2. The molecule has 0 saturated heterocycles. The van der Waals surface area contributed by atoms with Crippen LogP contribution in [0.5, 0.6) is 0 Å². The molecular formula is C11H9BrF2N4O3S. The molecule has 11 heteroatoms. The maximum atomic E-state index is 12.9. The quantitative estimate of drug-likeness (QED) is 0.845. The van der Waals surface area contributed by atoms with Crippen LogP contribution in [-0.4, -0.2) is 34.8 Å². The first kappa shape index (κ1) is 15.3. The fourth-order valence-corrected chi connectivity index (χ4v) is 3.69. The van der Waals surface area contributed by atoms with E-state index in [1.807, 2.05) is 0 Å². The maximum absolute atomic E-state index is 12.9. The van der Waals surface area contributed by atoms with Gasteiger partial charge in [-0.3, -0.25) is 4.79 Å². The highest BCUT2D eigenvalue weighted by atomic mass is 79.9. The van der Waals surface area contributed by atoms with E-state index in [9.17, 15) is 22.0 Å². The Morgan fingerprint density at radius 1 is 1.55 bits per heavy atom. The minimum absolute atomic E-state index is 0.00329. The van der Waals surface area contributed by atoms with Crippen molar-refractivity contribution in [2.75, 3.05) is 0 Å². The smallest absolute Gasteiger partial charge is 0.269 e. The molecule has 1 saturated carbocycles. The van der Waals surface area contributed by atoms with Crippen molar-refractivity contribution in [3.8, 4) is 0 Å². The fourth-order valence-electron chi connectivity index (χ4n) is 2.07. The standard InChI is InChI=1S/C11H9BrF2N4O3S/c1-5-8(9-15-3-6(12)4-18(9)16-5)22(20,21)17-10(19)7-2-11(7,13)14/h3-4,7H,2H2,1H3,(H,17,19). The van der Waals surface area contributed by atoms with Crippen molar-refractivity contribution >= 4 is 37.5 Å². The first-order chi connectivity index (χ1) is 10.1. The van der Waals surface area contributed by atoms with Gasteiger partial charge >= 0.3 is 0 Å². The van der Waals surface area contributed by atoms with Gasteiger partial charge in [0.05, 0.1) is 10.2 Å². The molecule has 118 valence electrons. The number of carbonyl (C=O) groups is 1. The molecule has 0 aliphatic heterocycles. The molecule has 1 amide bonds. The van der Waals surface area contributed by atoms with Crippen molar-refractivity contribution in [2.24, 2.45) is 5.92 Å². The van der Waals surface area contributed by atoms with E-state index in [-0.39, 0.29) is 16.2 Å². The zero-order valence-electron chi connectivity index (χ0n) is 11.0. The summed E-state index contributed by atoms with van der Waals surface area (Å²) in [7, 11) is -4.34. The third kappa shape index (κ3) is 2.47. The number of sulfonamides is 1. The highest BCUT2D eigenvalue weighted by molar-refractivity contribution is 9.10. The topological polar surface area (TPSA) is 93.4 Å². The minimum atomic E-state index is -4.34. The molecule has 3 rings (SSSR count). The molecule has 2 heterocycles. The predicted octanol–water partition coefficient (Wildman–Crippen LogP) is 1.26. The average Bonchev–Trinajstić information content (AvgIpc) is 2.88. The van der Waals surface area contributed by atoms with Crippen molar-refractivity contribution in [3.05, 3.63) is 22.6 Å².